The minimum absolute atomic E-state index is 0. The zero-order valence-electron chi connectivity index (χ0n) is 5.01. The Labute approximate surface area is 58.8 Å². The summed E-state index contributed by atoms with van der Waals surface area (Å²) in [7, 11) is 0. The van der Waals surface area contributed by atoms with Crippen molar-refractivity contribution in [1.29, 1.82) is 0 Å². The van der Waals surface area contributed by atoms with Crippen LogP contribution in [0.25, 0.3) is 0 Å². The predicted molar refractivity (Wildman–Crippen MR) is 32.9 cm³/mol. The Morgan fingerprint density at radius 2 is 2.00 bits per heavy atom. The van der Waals surface area contributed by atoms with Crippen molar-refractivity contribution in [2.24, 2.45) is 5.73 Å². The molecule has 0 amide bonds. The second kappa shape index (κ2) is 6.19. The lowest BCUT2D eigenvalue weighted by atomic mass is 10.4. The van der Waals surface area contributed by atoms with E-state index in [-0.39, 0.29) is 19.0 Å². The maximum atomic E-state index is 11.2. The van der Waals surface area contributed by atoms with Crippen molar-refractivity contribution in [1.82, 2.24) is 0 Å². The molecule has 0 heterocycles. The Kier molecular flexibility index (Phi) is 8.13. The number of ether oxygens (including phenoxy) is 1. The monoisotopic (exact) mass is 161 g/mol. The molecule has 0 saturated carbocycles. The van der Waals surface area contributed by atoms with Crippen molar-refractivity contribution in [2.75, 3.05) is 6.54 Å². The van der Waals surface area contributed by atoms with Crippen LogP contribution in [0.2, 0.25) is 0 Å². The van der Waals surface area contributed by atoms with E-state index >= 15 is 0 Å². The second-order valence-corrected chi connectivity index (χ2v) is 1.44. The molecular formula is C4H10ClF2NO. The molecule has 2 N–H and O–H groups in total. The molecule has 0 aliphatic carbocycles. The van der Waals surface area contributed by atoms with E-state index in [0.29, 0.717) is 0 Å². The predicted octanol–water partition coefficient (Wildman–Crippen LogP) is 0.995. The average Bonchev–Trinajstić information content (AvgIpc) is 1.65. The van der Waals surface area contributed by atoms with Gasteiger partial charge in [-0.25, -0.2) is 0 Å². The normalized spacial score (nSPS) is 13.0. The van der Waals surface area contributed by atoms with Crippen LogP contribution < -0.4 is 5.73 Å². The molecule has 0 radical (unpaired) electrons. The number of nitrogens with two attached hydrogens (primary N) is 1. The van der Waals surface area contributed by atoms with Crippen LogP contribution in [0.4, 0.5) is 8.78 Å². The van der Waals surface area contributed by atoms with Gasteiger partial charge >= 0.3 is 6.61 Å². The average molecular weight is 162 g/mol. The molecule has 0 aliphatic heterocycles. The van der Waals surface area contributed by atoms with Crippen LogP contribution in [0, 0.1) is 0 Å². The number of hydrogen-bond acceptors (Lipinski definition) is 2. The summed E-state index contributed by atoms with van der Waals surface area (Å²) >= 11 is 0. The minimum atomic E-state index is -2.70. The highest BCUT2D eigenvalue weighted by molar-refractivity contribution is 5.85. The molecule has 0 aromatic rings. The van der Waals surface area contributed by atoms with Crippen molar-refractivity contribution < 1.29 is 13.5 Å². The number of hydrogen-bond donors (Lipinski definition) is 1. The van der Waals surface area contributed by atoms with Gasteiger partial charge in [-0.3, -0.25) is 0 Å². The van der Waals surface area contributed by atoms with Crippen LogP contribution >= 0.6 is 12.4 Å². The van der Waals surface area contributed by atoms with Crippen molar-refractivity contribution in [3.8, 4) is 0 Å². The van der Waals surface area contributed by atoms with Gasteiger partial charge in [0.25, 0.3) is 0 Å². The molecule has 58 valence electrons. The molecule has 9 heavy (non-hydrogen) atoms. The van der Waals surface area contributed by atoms with Gasteiger partial charge in [0.05, 0.1) is 6.10 Å². The Bertz CT molecular complexity index is 64.5. The summed E-state index contributed by atoms with van der Waals surface area (Å²) in [4.78, 5) is 0. The summed E-state index contributed by atoms with van der Waals surface area (Å²) in [5.74, 6) is 0. The molecule has 0 spiro atoms. The second-order valence-electron chi connectivity index (χ2n) is 1.44. The van der Waals surface area contributed by atoms with E-state index in [1.54, 1.807) is 0 Å². The van der Waals surface area contributed by atoms with Gasteiger partial charge in [0, 0.05) is 6.54 Å². The smallest absolute Gasteiger partial charge is 0.328 e. The molecule has 0 aromatic heterocycles. The van der Waals surface area contributed by atoms with Gasteiger partial charge < -0.3 is 10.5 Å². The lowest BCUT2D eigenvalue weighted by Crippen LogP contribution is -2.22. The molecule has 0 aliphatic rings. The first-order valence-corrected chi connectivity index (χ1v) is 2.30. The first-order valence-electron chi connectivity index (χ1n) is 2.30. The van der Waals surface area contributed by atoms with Crippen LogP contribution in [0.15, 0.2) is 0 Å². The number of halogens is 3. The first-order chi connectivity index (χ1) is 3.66. The van der Waals surface area contributed by atoms with Crippen LogP contribution in [0.3, 0.4) is 0 Å². The molecule has 0 unspecified atom stereocenters. The largest absolute Gasteiger partial charge is 0.345 e. The van der Waals surface area contributed by atoms with E-state index in [9.17, 15) is 8.78 Å². The fourth-order valence-electron chi connectivity index (χ4n) is 0.231. The third-order valence-electron chi connectivity index (χ3n) is 0.667. The highest BCUT2D eigenvalue weighted by atomic mass is 35.5. The van der Waals surface area contributed by atoms with Crippen LogP contribution in [-0.2, 0) is 4.74 Å². The Morgan fingerprint density at radius 3 is 2.11 bits per heavy atom. The van der Waals surface area contributed by atoms with Gasteiger partial charge in [-0.15, -0.1) is 12.4 Å². The van der Waals surface area contributed by atoms with Crippen molar-refractivity contribution >= 4 is 12.4 Å². The zero-order valence-corrected chi connectivity index (χ0v) is 5.83. The van der Waals surface area contributed by atoms with Gasteiger partial charge in [0.2, 0.25) is 0 Å². The van der Waals surface area contributed by atoms with E-state index in [1.807, 2.05) is 0 Å². The molecule has 5 heteroatoms. The molecule has 0 fully saturated rings. The van der Waals surface area contributed by atoms with Crippen molar-refractivity contribution in [3.05, 3.63) is 0 Å². The fraction of sp³-hybridized carbons (Fsp3) is 1.00. The lowest BCUT2D eigenvalue weighted by Gasteiger charge is -2.07. The van der Waals surface area contributed by atoms with E-state index in [2.05, 4.69) is 4.74 Å². The van der Waals surface area contributed by atoms with E-state index in [0.717, 1.165) is 0 Å². The number of alkyl halides is 2. The number of rotatable bonds is 3. The summed E-state index contributed by atoms with van der Waals surface area (Å²) in [6.07, 6.45) is -0.546. The molecule has 0 aromatic carbocycles. The maximum Gasteiger partial charge on any atom is 0.345 e. The SMILES string of the molecule is C[C@H](CN)OC(F)F.Cl. The minimum Gasteiger partial charge on any atom is -0.328 e. The fourth-order valence-corrected chi connectivity index (χ4v) is 0.231. The third-order valence-corrected chi connectivity index (χ3v) is 0.667. The lowest BCUT2D eigenvalue weighted by molar-refractivity contribution is -0.154. The van der Waals surface area contributed by atoms with Crippen LogP contribution in [0.5, 0.6) is 0 Å². The van der Waals surface area contributed by atoms with Gasteiger partial charge in [-0.05, 0) is 6.92 Å². The Hall–Kier alpha value is 0.0700. The van der Waals surface area contributed by atoms with Crippen LogP contribution in [0.1, 0.15) is 6.92 Å². The van der Waals surface area contributed by atoms with E-state index in [4.69, 9.17) is 5.73 Å². The third kappa shape index (κ3) is 8.07. The van der Waals surface area contributed by atoms with E-state index < -0.39 is 12.7 Å². The van der Waals surface area contributed by atoms with E-state index in [1.165, 1.54) is 6.92 Å². The van der Waals surface area contributed by atoms with Gasteiger partial charge in [0.15, 0.2) is 0 Å². The topological polar surface area (TPSA) is 35.2 Å². The summed E-state index contributed by atoms with van der Waals surface area (Å²) in [6.45, 7) is -1.08. The quantitative estimate of drug-likeness (QED) is 0.670. The summed E-state index contributed by atoms with van der Waals surface area (Å²) < 4.78 is 26.3. The Balaban J connectivity index is 0. The van der Waals surface area contributed by atoms with Gasteiger partial charge in [0.1, 0.15) is 0 Å². The van der Waals surface area contributed by atoms with Crippen molar-refractivity contribution in [2.45, 2.75) is 19.6 Å². The molecule has 0 rings (SSSR count). The maximum absolute atomic E-state index is 11.2. The summed E-state index contributed by atoms with van der Waals surface area (Å²) in [5, 5.41) is 0. The summed E-state index contributed by atoms with van der Waals surface area (Å²) in [6, 6.07) is 0. The van der Waals surface area contributed by atoms with Gasteiger partial charge in [-0.2, -0.15) is 8.78 Å². The molecular weight excluding hydrogens is 151 g/mol. The molecule has 0 bridgehead atoms. The standard InChI is InChI=1S/C4H9F2NO.ClH/c1-3(2-7)8-4(5)6;/h3-4H,2,7H2,1H3;1H/t3-;/m1./s1. The Morgan fingerprint density at radius 1 is 1.56 bits per heavy atom. The van der Waals surface area contributed by atoms with Gasteiger partial charge in [-0.1, -0.05) is 0 Å². The van der Waals surface area contributed by atoms with Crippen LogP contribution in [-0.4, -0.2) is 19.3 Å². The highest BCUT2D eigenvalue weighted by Crippen LogP contribution is 1.98. The molecule has 0 saturated heterocycles. The summed E-state index contributed by atoms with van der Waals surface area (Å²) in [5.41, 5.74) is 4.96. The first kappa shape index (κ1) is 11.8. The van der Waals surface area contributed by atoms with Crippen molar-refractivity contribution in [3.63, 3.8) is 0 Å². The molecule has 2 nitrogen and oxygen atoms in total. The molecule has 1 atom stereocenters. The highest BCUT2D eigenvalue weighted by Gasteiger charge is 2.06. The zero-order chi connectivity index (χ0) is 6.57.